The number of fused-ring (bicyclic) bond motifs is 7. The summed E-state index contributed by atoms with van der Waals surface area (Å²) in [5, 5.41) is 5.24. The molecule has 0 N–H and O–H groups in total. The zero-order chi connectivity index (χ0) is 34.0. The van der Waals surface area contributed by atoms with E-state index in [4.69, 9.17) is 0 Å². The molecule has 52 heavy (non-hydrogen) atoms. The molecule has 5 aliphatic rings. The average molecular weight is 686 g/mol. The number of hydrogen-bond donors (Lipinski definition) is 0. The first-order valence-electron chi connectivity index (χ1n) is 19.3. The molecule has 0 amide bonds. The Balaban J connectivity index is 1.04. The van der Waals surface area contributed by atoms with Crippen LogP contribution < -0.4 is 4.90 Å². The molecule has 4 bridgehead atoms. The number of nitrogens with zero attached hydrogens (tertiary/aromatic N) is 1. The molecule has 5 aliphatic carbocycles. The minimum atomic E-state index is 0.138. The lowest BCUT2D eigenvalue weighted by Gasteiger charge is -2.61. The molecule has 0 saturated heterocycles. The van der Waals surface area contributed by atoms with Gasteiger partial charge in [0.05, 0.1) is 5.69 Å². The van der Waals surface area contributed by atoms with Crippen LogP contribution in [0.1, 0.15) is 43.2 Å². The lowest BCUT2D eigenvalue weighted by Crippen LogP contribution is -2.55. The van der Waals surface area contributed by atoms with Gasteiger partial charge in [-0.1, -0.05) is 109 Å². The topological polar surface area (TPSA) is 3.24 Å². The highest BCUT2D eigenvalue weighted by Crippen LogP contribution is 2.70. The van der Waals surface area contributed by atoms with Crippen LogP contribution in [0.2, 0.25) is 0 Å². The molecule has 0 radical (unpaired) electrons. The van der Waals surface area contributed by atoms with E-state index in [9.17, 15) is 0 Å². The molecule has 1 spiro atoms. The second-order valence-corrected chi connectivity index (χ2v) is 17.2. The third-order valence-electron chi connectivity index (χ3n) is 13.6. The second kappa shape index (κ2) is 10.9. The summed E-state index contributed by atoms with van der Waals surface area (Å²) in [5.41, 5.74) is 12.5. The third-order valence-corrected chi connectivity index (χ3v) is 14.8. The van der Waals surface area contributed by atoms with Crippen LogP contribution >= 0.6 is 11.3 Å². The van der Waals surface area contributed by atoms with Crippen LogP contribution in [0.25, 0.3) is 53.2 Å². The molecule has 1 heterocycles. The molecule has 8 aromatic rings. The summed E-state index contributed by atoms with van der Waals surface area (Å²) in [5.74, 6) is 3.35. The van der Waals surface area contributed by atoms with Crippen molar-refractivity contribution in [3.8, 4) is 22.3 Å². The van der Waals surface area contributed by atoms with Gasteiger partial charge in [0.15, 0.2) is 0 Å². The summed E-state index contributed by atoms with van der Waals surface area (Å²) in [6.07, 6.45) is 7.06. The van der Waals surface area contributed by atoms with Crippen molar-refractivity contribution < 1.29 is 0 Å². The van der Waals surface area contributed by atoms with Gasteiger partial charge >= 0.3 is 0 Å². The Morgan fingerprint density at radius 1 is 0.481 bits per heavy atom. The van der Waals surface area contributed by atoms with Gasteiger partial charge in [-0.05, 0) is 137 Å². The predicted octanol–water partition coefficient (Wildman–Crippen LogP) is 14.1. The fourth-order valence-electron chi connectivity index (χ4n) is 11.8. The average Bonchev–Trinajstić information content (AvgIpc) is 3.71. The molecule has 0 unspecified atom stereocenters. The molecular formula is C50H39NS. The Labute approximate surface area is 309 Å². The van der Waals surface area contributed by atoms with E-state index in [1.807, 2.05) is 11.3 Å². The van der Waals surface area contributed by atoms with Crippen molar-refractivity contribution in [2.75, 3.05) is 4.90 Å². The van der Waals surface area contributed by atoms with Crippen molar-refractivity contribution in [2.24, 2.45) is 23.7 Å². The Kier molecular flexibility index (Phi) is 6.17. The van der Waals surface area contributed by atoms with Crippen molar-refractivity contribution in [1.29, 1.82) is 0 Å². The van der Waals surface area contributed by atoms with Crippen LogP contribution in [0.5, 0.6) is 0 Å². The fraction of sp³-hybridized carbons (Fsp3) is 0.200. The van der Waals surface area contributed by atoms with Gasteiger partial charge in [-0.2, -0.15) is 0 Å². The summed E-state index contributed by atoms with van der Waals surface area (Å²) in [6, 6.07) is 57.7. The minimum absolute atomic E-state index is 0.138. The van der Waals surface area contributed by atoms with Crippen LogP contribution in [-0.4, -0.2) is 0 Å². The van der Waals surface area contributed by atoms with Gasteiger partial charge < -0.3 is 4.90 Å². The highest BCUT2D eigenvalue weighted by atomic mass is 32.1. The maximum Gasteiger partial charge on any atom is 0.0543 e. The second-order valence-electron chi connectivity index (χ2n) is 16.1. The van der Waals surface area contributed by atoms with Gasteiger partial charge in [-0.3, -0.25) is 0 Å². The largest absolute Gasteiger partial charge is 0.310 e. The van der Waals surface area contributed by atoms with E-state index in [1.54, 1.807) is 11.1 Å². The first-order chi connectivity index (χ1) is 25.7. The van der Waals surface area contributed by atoms with Crippen molar-refractivity contribution in [1.82, 2.24) is 0 Å². The number of benzene rings is 7. The van der Waals surface area contributed by atoms with Crippen LogP contribution in [0.4, 0.5) is 17.1 Å². The van der Waals surface area contributed by atoms with E-state index in [1.165, 1.54) is 102 Å². The fourth-order valence-corrected chi connectivity index (χ4v) is 13.0. The Hall–Kier alpha value is -5.18. The van der Waals surface area contributed by atoms with Gasteiger partial charge in [0, 0.05) is 42.5 Å². The van der Waals surface area contributed by atoms with Gasteiger partial charge in [0.2, 0.25) is 0 Å². The van der Waals surface area contributed by atoms with Crippen LogP contribution in [0, 0.1) is 23.7 Å². The van der Waals surface area contributed by atoms with Crippen LogP contribution in [0.3, 0.4) is 0 Å². The summed E-state index contributed by atoms with van der Waals surface area (Å²) >= 11 is 1.89. The highest BCUT2D eigenvalue weighted by molar-refractivity contribution is 7.25. The Bertz CT molecular complexity index is 2690. The van der Waals surface area contributed by atoms with Gasteiger partial charge in [-0.15, -0.1) is 11.3 Å². The van der Waals surface area contributed by atoms with Crippen LogP contribution in [-0.2, 0) is 5.41 Å². The summed E-state index contributed by atoms with van der Waals surface area (Å²) in [4.78, 5) is 2.55. The molecule has 7 aromatic carbocycles. The first-order valence-corrected chi connectivity index (χ1v) is 20.1. The molecule has 0 aliphatic heterocycles. The Morgan fingerprint density at radius 3 is 2.00 bits per heavy atom. The summed E-state index contributed by atoms with van der Waals surface area (Å²) < 4.78 is 2.70. The first kappa shape index (κ1) is 29.4. The van der Waals surface area contributed by atoms with Crippen molar-refractivity contribution >= 4 is 59.3 Å². The SMILES string of the molecule is c1ccc2c(c1)-c1c(N(c3ccc(-c4ccc5c(c4)sc4ccccc45)cc3)c3ccc4ccccc4c3)cccc1C21[C@H]2CC3C[C@H](C2)C[C@H]1C3. The standard InChI is InChI=1S/C50H39NS/c1-2-9-35-29-40(22-18-33(35)8-1)51(39-20-16-34(17-21-39)36-19-23-42-41-10-4-6-15-47(41)52-48(42)30-36)46-14-7-13-45-49(46)43-11-3-5-12-44(43)50(45)37-25-31-24-32(27-37)28-38(50)26-31/h1-23,29-32,37-38H,24-28H2/t31-,32?,37-,38+,50?. The number of rotatable bonds is 4. The van der Waals surface area contributed by atoms with Crippen LogP contribution in [0.15, 0.2) is 152 Å². The van der Waals surface area contributed by atoms with Crippen molar-refractivity contribution in [2.45, 2.75) is 37.5 Å². The third kappa shape index (κ3) is 4.05. The molecule has 0 atom stereocenters. The number of thiophene rings is 1. The number of anilines is 3. The van der Waals surface area contributed by atoms with E-state index in [0.29, 0.717) is 0 Å². The quantitative estimate of drug-likeness (QED) is 0.178. The smallest absolute Gasteiger partial charge is 0.0543 e. The highest BCUT2D eigenvalue weighted by Gasteiger charge is 2.61. The Morgan fingerprint density at radius 2 is 1.15 bits per heavy atom. The molecule has 4 saturated carbocycles. The lowest BCUT2D eigenvalue weighted by molar-refractivity contribution is -0.0399. The summed E-state index contributed by atoms with van der Waals surface area (Å²) in [6.45, 7) is 0. The van der Waals surface area contributed by atoms with E-state index >= 15 is 0 Å². The maximum atomic E-state index is 2.55. The molecule has 13 rings (SSSR count). The van der Waals surface area contributed by atoms with Gasteiger partial charge in [-0.25, -0.2) is 0 Å². The van der Waals surface area contributed by atoms with Crippen molar-refractivity contribution in [3.05, 3.63) is 163 Å². The zero-order valence-corrected chi connectivity index (χ0v) is 30.0. The normalized spacial score (nSPS) is 23.8. The predicted molar refractivity (Wildman–Crippen MR) is 220 cm³/mol. The minimum Gasteiger partial charge on any atom is -0.310 e. The molecule has 1 nitrogen and oxygen atoms in total. The number of hydrogen-bond acceptors (Lipinski definition) is 2. The van der Waals surface area contributed by atoms with Crippen molar-refractivity contribution in [3.63, 3.8) is 0 Å². The monoisotopic (exact) mass is 685 g/mol. The van der Waals surface area contributed by atoms with E-state index in [0.717, 1.165) is 23.7 Å². The zero-order valence-electron chi connectivity index (χ0n) is 29.1. The molecule has 2 heteroatoms. The molecular weight excluding hydrogens is 647 g/mol. The van der Waals surface area contributed by atoms with E-state index in [-0.39, 0.29) is 5.41 Å². The summed E-state index contributed by atoms with van der Waals surface area (Å²) in [7, 11) is 0. The van der Waals surface area contributed by atoms with E-state index in [2.05, 4.69) is 157 Å². The van der Waals surface area contributed by atoms with E-state index < -0.39 is 0 Å². The van der Waals surface area contributed by atoms with Gasteiger partial charge in [0.1, 0.15) is 0 Å². The molecule has 250 valence electrons. The molecule has 1 aromatic heterocycles. The lowest BCUT2D eigenvalue weighted by atomic mass is 9.43. The molecule has 4 fully saturated rings. The van der Waals surface area contributed by atoms with Gasteiger partial charge in [0.25, 0.3) is 0 Å². The maximum absolute atomic E-state index is 2.55.